The number of para-hydroxylation sites is 1. The number of hydrogen-bond donors (Lipinski definition) is 1. The van der Waals surface area contributed by atoms with Gasteiger partial charge in [0.1, 0.15) is 11.8 Å². The van der Waals surface area contributed by atoms with Gasteiger partial charge < -0.3 is 20.1 Å². The van der Waals surface area contributed by atoms with Crippen molar-refractivity contribution < 1.29 is 28.7 Å². The lowest BCUT2D eigenvalue weighted by Crippen LogP contribution is -2.39. The molecular formula is C20H22N4O6S. The number of rotatable bonds is 8. The van der Waals surface area contributed by atoms with Crippen LogP contribution in [0.1, 0.15) is 12.8 Å². The van der Waals surface area contributed by atoms with Crippen molar-refractivity contribution in [3.8, 4) is 0 Å². The minimum absolute atomic E-state index is 0.0460. The predicted molar refractivity (Wildman–Crippen MR) is 114 cm³/mol. The Kier molecular flexibility index (Phi) is 7.29. The molecule has 31 heavy (non-hydrogen) atoms. The fourth-order valence-corrected chi connectivity index (χ4v) is 4.03. The average molecular weight is 446 g/mol. The number of hydrogen-bond acceptors (Lipinski definition) is 9. The molecule has 0 radical (unpaired) electrons. The number of benzene rings is 1. The molecule has 0 saturated carbocycles. The molecule has 0 bridgehead atoms. The van der Waals surface area contributed by atoms with Crippen LogP contribution in [0, 0.1) is 0 Å². The smallest absolute Gasteiger partial charge is 0.354 e. The number of ether oxygens (including phenoxy) is 2. The summed E-state index contributed by atoms with van der Waals surface area (Å²) in [6.07, 6.45) is 1.68. The van der Waals surface area contributed by atoms with Gasteiger partial charge in [-0.15, -0.1) is 0 Å². The Morgan fingerprint density at radius 1 is 1.29 bits per heavy atom. The number of amides is 2. The molecule has 2 N–H and O–H groups in total. The largest absolute Gasteiger partial charge is 0.466 e. The molecule has 2 aliphatic rings. The molecule has 2 heterocycles. The summed E-state index contributed by atoms with van der Waals surface area (Å²) in [5.41, 5.74) is 6.21. The zero-order valence-corrected chi connectivity index (χ0v) is 17.7. The second-order valence-electron chi connectivity index (χ2n) is 6.68. The van der Waals surface area contributed by atoms with Gasteiger partial charge in [-0.05, 0) is 18.6 Å². The highest BCUT2D eigenvalue weighted by molar-refractivity contribution is 8.04. The van der Waals surface area contributed by atoms with Crippen LogP contribution in [0.25, 0.3) is 0 Å². The molecular weight excluding hydrogens is 424 g/mol. The van der Waals surface area contributed by atoms with Crippen molar-refractivity contribution >= 4 is 46.9 Å². The van der Waals surface area contributed by atoms with Crippen molar-refractivity contribution in [1.82, 2.24) is 4.90 Å². The number of nitrogens with two attached hydrogens (primary N) is 1. The van der Waals surface area contributed by atoms with Crippen LogP contribution in [-0.4, -0.2) is 66.4 Å². The van der Waals surface area contributed by atoms with Crippen molar-refractivity contribution in [3.63, 3.8) is 0 Å². The first-order valence-electron chi connectivity index (χ1n) is 9.51. The minimum Gasteiger partial charge on any atom is -0.466 e. The summed E-state index contributed by atoms with van der Waals surface area (Å²) in [5.74, 6) is -1.67. The van der Waals surface area contributed by atoms with Crippen LogP contribution in [0.5, 0.6) is 0 Å². The Balaban J connectivity index is 1.55. The number of thioether (sulfide) groups is 1. The Bertz CT molecular complexity index is 933. The molecule has 1 fully saturated rings. The highest BCUT2D eigenvalue weighted by atomic mass is 32.2. The summed E-state index contributed by atoms with van der Waals surface area (Å²) in [5, 5.41) is 6.15. The van der Waals surface area contributed by atoms with Crippen LogP contribution in [0.3, 0.4) is 0 Å². The molecule has 3 rings (SSSR count). The number of hydrazone groups is 1. The molecule has 1 unspecified atom stereocenters. The number of carbonyl (C=O) groups excluding carboxylic acids is 4. The Labute approximate surface area is 183 Å². The van der Waals surface area contributed by atoms with E-state index in [-0.39, 0.29) is 36.9 Å². The van der Waals surface area contributed by atoms with Gasteiger partial charge in [0.15, 0.2) is 0 Å². The first-order chi connectivity index (χ1) is 14.9. The normalized spacial score (nSPS) is 19.5. The highest BCUT2D eigenvalue weighted by Crippen LogP contribution is 2.29. The quantitative estimate of drug-likeness (QED) is 0.349. The van der Waals surface area contributed by atoms with Gasteiger partial charge in [0, 0.05) is 13.0 Å². The van der Waals surface area contributed by atoms with Crippen molar-refractivity contribution in [3.05, 3.63) is 41.4 Å². The molecule has 1 saturated heterocycles. The summed E-state index contributed by atoms with van der Waals surface area (Å²) in [6.45, 7) is 0.332. The van der Waals surface area contributed by atoms with E-state index in [0.29, 0.717) is 17.1 Å². The lowest BCUT2D eigenvalue weighted by Gasteiger charge is -2.20. The molecule has 164 valence electrons. The zero-order valence-electron chi connectivity index (χ0n) is 16.9. The summed E-state index contributed by atoms with van der Waals surface area (Å²) in [6, 6.07) is 8.17. The van der Waals surface area contributed by atoms with Crippen molar-refractivity contribution in [2.45, 2.75) is 18.9 Å². The van der Waals surface area contributed by atoms with Gasteiger partial charge in [-0.3, -0.25) is 14.6 Å². The van der Waals surface area contributed by atoms with E-state index in [0.717, 1.165) is 0 Å². The summed E-state index contributed by atoms with van der Waals surface area (Å²) < 4.78 is 9.86. The van der Waals surface area contributed by atoms with Crippen LogP contribution in [-0.2, 0) is 28.7 Å². The second-order valence-corrected chi connectivity index (χ2v) is 7.67. The number of carbonyl (C=O) groups is 4. The molecule has 1 atom stereocenters. The standard InChI is InChI=1S/C20H22N4O6S/c1-29-18(26)11-17-23(16(25)12-31-17)8-5-9-30-20(28)14-10-15(19(21)27)24(22-14)13-6-3-2-4-7-13/h2-4,6-7,11,15H,5,8-10,12H2,1H3,(H2,21,27)/b17-11+. The molecule has 2 aliphatic heterocycles. The molecule has 1 aromatic carbocycles. The van der Waals surface area contributed by atoms with Crippen LogP contribution < -0.4 is 10.7 Å². The fraction of sp³-hybridized carbons (Fsp3) is 0.350. The van der Waals surface area contributed by atoms with E-state index >= 15 is 0 Å². The first kappa shape index (κ1) is 22.3. The average Bonchev–Trinajstić information content (AvgIpc) is 3.36. The van der Waals surface area contributed by atoms with Gasteiger partial charge in [0.25, 0.3) is 0 Å². The third-order valence-electron chi connectivity index (χ3n) is 4.61. The van der Waals surface area contributed by atoms with Crippen LogP contribution >= 0.6 is 11.8 Å². The number of primary amides is 1. The van der Waals surface area contributed by atoms with E-state index in [1.807, 2.05) is 6.07 Å². The minimum atomic E-state index is -0.768. The van der Waals surface area contributed by atoms with E-state index in [4.69, 9.17) is 10.5 Å². The van der Waals surface area contributed by atoms with E-state index < -0.39 is 23.9 Å². The Hall–Kier alpha value is -3.34. The van der Waals surface area contributed by atoms with E-state index in [1.165, 1.54) is 34.9 Å². The van der Waals surface area contributed by atoms with E-state index in [9.17, 15) is 19.2 Å². The fourth-order valence-electron chi connectivity index (χ4n) is 3.07. The third-order valence-corrected chi connectivity index (χ3v) is 5.63. The maximum Gasteiger partial charge on any atom is 0.354 e. The SMILES string of the molecule is COC(=O)/C=C1/SCC(=O)N1CCCOC(=O)C1=NN(c2ccccc2)C(C(N)=O)C1. The van der Waals surface area contributed by atoms with E-state index in [2.05, 4.69) is 9.84 Å². The topological polar surface area (TPSA) is 132 Å². The van der Waals surface area contributed by atoms with Gasteiger partial charge in [-0.2, -0.15) is 5.10 Å². The molecule has 10 nitrogen and oxygen atoms in total. The lowest BCUT2D eigenvalue weighted by molar-refractivity contribution is -0.136. The molecule has 0 aliphatic carbocycles. The van der Waals surface area contributed by atoms with Crippen molar-refractivity contribution in [2.24, 2.45) is 10.8 Å². The van der Waals surface area contributed by atoms with Gasteiger partial charge >= 0.3 is 11.9 Å². The maximum absolute atomic E-state index is 12.4. The molecule has 1 aromatic rings. The highest BCUT2D eigenvalue weighted by Gasteiger charge is 2.35. The zero-order chi connectivity index (χ0) is 22.4. The molecule has 0 spiro atoms. The number of nitrogens with zero attached hydrogens (tertiary/aromatic N) is 3. The third kappa shape index (κ3) is 5.43. The summed E-state index contributed by atoms with van der Waals surface area (Å²) >= 11 is 1.25. The molecule has 11 heteroatoms. The molecule has 2 amide bonds. The maximum atomic E-state index is 12.4. The van der Waals surface area contributed by atoms with Gasteiger partial charge in [0.2, 0.25) is 11.8 Å². The monoisotopic (exact) mass is 446 g/mol. The number of esters is 2. The van der Waals surface area contributed by atoms with Gasteiger partial charge in [0.05, 0.1) is 36.3 Å². The second kappa shape index (κ2) is 10.1. The summed E-state index contributed by atoms with van der Waals surface area (Å²) in [4.78, 5) is 49.1. The van der Waals surface area contributed by atoms with Crippen molar-refractivity contribution in [1.29, 1.82) is 0 Å². The predicted octanol–water partition coefficient (Wildman–Crippen LogP) is 0.630. The van der Waals surface area contributed by atoms with Gasteiger partial charge in [-0.1, -0.05) is 30.0 Å². The van der Waals surface area contributed by atoms with Crippen LogP contribution in [0.15, 0.2) is 46.5 Å². The number of anilines is 1. The Morgan fingerprint density at radius 2 is 2.03 bits per heavy atom. The summed E-state index contributed by atoms with van der Waals surface area (Å²) in [7, 11) is 1.26. The van der Waals surface area contributed by atoms with Crippen LogP contribution in [0.4, 0.5) is 5.69 Å². The van der Waals surface area contributed by atoms with Crippen molar-refractivity contribution in [2.75, 3.05) is 31.0 Å². The van der Waals surface area contributed by atoms with Gasteiger partial charge in [-0.25, -0.2) is 9.59 Å². The first-order valence-corrected chi connectivity index (χ1v) is 10.5. The number of methoxy groups -OCH3 is 1. The lowest BCUT2D eigenvalue weighted by atomic mass is 10.1. The molecule has 0 aromatic heterocycles. The Morgan fingerprint density at radius 3 is 2.71 bits per heavy atom. The van der Waals surface area contributed by atoms with E-state index in [1.54, 1.807) is 24.3 Å². The van der Waals surface area contributed by atoms with Crippen LogP contribution in [0.2, 0.25) is 0 Å².